The third kappa shape index (κ3) is 1.97. The van der Waals surface area contributed by atoms with Crippen LogP contribution in [-0.2, 0) is 4.79 Å². The first-order valence-electron chi connectivity index (χ1n) is 9.82. The predicted octanol–water partition coefficient (Wildman–Crippen LogP) is 4.40. The van der Waals surface area contributed by atoms with Crippen LogP contribution in [0.5, 0.6) is 0 Å². The monoisotopic (exact) mass is 332 g/mol. The minimum atomic E-state index is -0.529. The van der Waals surface area contributed by atoms with Gasteiger partial charge < -0.3 is 10.2 Å². The van der Waals surface area contributed by atoms with Crippen LogP contribution in [0.1, 0.15) is 72.1 Å². The molecule has 3 nitrogen and oxygen atoms in total. The van der Waals surface area contributed by atoms with Crippen molar-refractivity contribution < 1.29 is 15.0 Å². The second kappa shape index (κ2) is 5.09. The summed E-state index contributed by atoms with van der Waals surface area (Å²) in [5, 5.41) is 20.5. The molecule has 4 saturated carbocycles. The van der Waals surface area contributed by atoms with E-state index in [-0.39, 0.29) is 16.6 Å². The molecular formula is C21H32O3. The number of aliphatic hydroxyl groups is 2. The maximum atomic E-state index is 12.2. The molecule has 2 N–H and O–H groups in total. The number of allylic oxidation sites excluding steroid dienone is 1. The molecule has 0 spiro atoms. The topological polar surface area (TPSA) is 57.5 Å². The van der Waals surface area contributed by atoms with Crippen molar-refractivity contribution in [2.45, 2.75) is 77.7 Å². The fourth-order valence-electron chi connectivity index (χ4n) is 7.37. The van der Waals surface area contributed by atoms with Gasteiger partial charge >= 0.3 is 0 Å². The van der Waals surface area contributed by atoms with E-state index in [9.17, 15) is 15.0 Å². The van der Waals surface area contributed by atoms with E-state index in [0.29, 0.717) is 35.7 Å². The lowest BCUT2D eigenvalue weighted by atomic mass is 9.44. The zero-order chi connectivity index (χ0) is 17.3. The highest BCUT2D eigenvalue weighted by molar-refractivity contribution is 5.96. The van der Waals surface area contributed by atoms with Gasteiger partial charge in [-0.1, -0.05) is 13.8 Å². The standard InChI is InChI=1S/C21H32O3/c1-19-11-13(12-22)18(23)10-14(19)4-5-15-16(19)6-8-20(2)17(15)7-9-21(20,3)24/h12,14-17,22,24H,4-11H2,1-3H3/b13-12-. The summed E-state index contributed by atoms with van der Waals surface area (Å²) >= 11 is 0. The second-order valence-corrected chi connectivity index (χ2v) is 9.88. The molecule has 7 atom stereocenters. The Kier molecular flexibility index (Phi) is 3.53. The van der Waals surface area contributed by atoms with Gasteiger partial charge in [-0.3, -0.25) is 4.79 Å². The Balaban J connectivity index is 1.67. The van der Waals surface area contributed by atoms with Crippen molar-refractivity contribution in [1.29, 1.82) is 0 Å². The summed E-state index contributed by atoms with van der Waals surface area (Å²) in [7, 11) is 0. The Morgan fingerprint density at radius 1 is 1.04 bits per heavy atom. The first-order chi connectivity index (χ1) is 11.2. The lowest BCUT2D eigenvalue weighted by molar-refractivity contribution is -0.147. The molecule has 0 heterocycles. The van der Waals surface area contributed by atoms with Crippen molar-refractivity contribution in [2.24, 2.45) is 34.5 Å². The average Bonchev–Trinajstić information content (AvgIpc) is 2.77. The summed E-state index contributed by atoms with van der Waals surface area (Å²) in [6.07, 6.45) is 9.11. The zero-order valence-electron chi connectivity index (χ0n) is 15.3. The summed E-state index contributed by atoms with van der Waals surface area (Å²) in [4.78, 5) is 12.2. The molecule has 0 aromatic carbocycles. The van der Waals surface area contributed by atoms with Crippen molar-refractivity contribution in [3.05, 3.63) is 11.8 Å². The number of carbonyl (C=O) groups excluding carboxylic acids is 1. The highest BCUT2D eigenvalue weighted by Gasteiger charge is 2.63. The predicted molar refractivity (Wildman–Crippen MR) is 93.5 cm³/mol. The van der Waals surface area contributed by atoms with E-state index >= 15 is 0 Å². The van der Waals surface area contributed by atoms with E-state index in [0.717, 1.165) is 44.8 Å². The minimum absolute atomic E-state index is 0.0531. The van der Waals surface area contributed by atoms with Crippen molar-refractivity contribution in [3.63, 3.8) is 0 Å². The van der Waals surface area contributed by atoms with Gasteiger partial charge in [0.15, 0.2) is 5.78 Å². The number of hydrogen-bond donors (Lipinski definition) is 2. The Labute approximate surface area is 145 Å². The summed E-state index contributed by atoms with van der Waals surface area (Å²) < 4.78 is 0. The van der Waals surface area contributed by atoms with Crippen molar-refractivity contribution in [1.82, 2.24) is 0 Å². The molecule has 4 rings (SSSR count). The van der Waals surface area contributed by atoms with Gasteiger partial charge in [-0.2, -0.15) is 0 Å². The summed E-state index contributed by atoms with van der Waals surface area (Å²) in [6.45, 7) is 6.74. The van der Waals surface area contributed by atoms with Crippen molar-refractivity contribution in [3.8, 4) is 0 Å². The van der Waals surface area contributed by atoms with Gasteiger partial charge in [-0.25, -0.2) is 0 Å². The highest BCUT2D eigenvalue weighted by atomic mass is 16.3. The fourth-order valence-corrected chi connectivity index (χ4v) is 7.37. The summed E-state index contributed by atoms with van der Waals surface area (Å²) in [5.41, 5.74) is 0.304. The molecule has 4 aliphatic carbocycles. The smallest absolute Gasteiger partial charge is 0.162 e. The number of ketones is 1. The van der Waals surface area contributed by atoms with Crippen LogP contribution in [0.4, 0.5) is 0 Å². The first-order valence-corrected chi connectivity index (χ1v) is 9.82. The number of fused-ring (bicyclic) bond motifs is 5. The van der Waals surface area contributed by atoms with Gasteiger partial charge in [-0.05, 0) is 86.4 Å². The minimum Gasteiger partial charge on any atom is -0.515 e. The van der Waals surface area contributed by atoms with Crippen LogP contribution in [-0.4, -0.2) is 21.6 Å². The van der Waals surface area contributed by atoms with Gasteiger partial charge in [0.05, 0.1) is 11.9 Å². The molecule has 4 fully saturated rings. The molecule has 0 radical (unpaired) electrons. The van der Waals surface area contributed by atoms with Crippen LogP contribution < -0.4 is 0 Å². The number of Topliss-reactive ketones (excluding diaryl/α,β-unsaturated/α-hetero) is 1. The number of aliphatic hydroxyl groups excluding tert-OH is 1. The quantitative estimate of drug-likeness (QED) is 0.510. The van der Waals surface area contributed by atoms with E-state index in [4.69, 9.17) is 0 Å². The van der Waals surface area contributed by atoms with Gasteiger partial charge in [0.1, 0.15) is 0 Å². The van der Waals surface area contributed by atoms with E-state index in [2.05, 4.69) is 13.8 Å². The molecule has 0 aromatic heterocycles. The maximum Gasteiger partial charge on any atom is 0.162 e. The van der Waals surface area contributed by atoms with Crippen LogP contribution in [0.2, 0.25) is 0 Å². The van der Waals surface area contributed by atoms with Crippen LogP contribution in [0.3, 0.4) is 0 Å². The van der Waals surface area contributed by atoms with Crippen LogP contribution in [0.15, 0.2) is 11.8 Å². The SMILES string of the molecule is CC12C/C(=C/O)C(=O)CC1CCC1C2CCC2(C)C1CCC2(C)O. The highest BCUT2D eigenvalue weighted by Crippen LogP contribution is 2.68. The van der Waals surface area contributed by atoms with E-state index in [1.807, 2.05) is 6.92 Å². The summed E-state index contributed by atoms with van der Waals surface area (Å²) in [6, 6.07) is 0. The van der Waals surface area contributed by atoms with Crippen molar-refractivity contribution >= 4 is 5.78 Å². The molecular weight excluding hydrogens is 300 g/mol. The maximum absolute atomic E-state index is 12.2. The molecule has 0 amide bonds. The fraction of sp³-hybridized carbons (Fsp3) is 0.857. The molecule has 7 unspecified atom stereocenters. The molecule has 0 saturated heterocycles. The van der Waals surface area contributed by atoms with Crippen LogP contribution in [0, 0.1) is 34.5 Å². The second-order valence-electron chi connectivity index (χ2n) is 9.88. The first kappa shape index (κ1) is 16.6. The van der Waals surface area contributed by atoms with Crippen LogP contribution in [0.25, 0.3) is 0 Å². The average molecular weight is 332 g/mol. The van der Waals surface area contributed by atoms with Crippen molar-refractivity contribution in [2.75, 3.05) is 0 Å². The number of hydrogen-bond acceptors (Lipinski definition) is 3. The number of carbonyl (C=O) groups is 1. The van der Waals surface area contributed by atoms with E-state index in [1.54, 1.807) is 0 Å². The lowest BCUT2D eigenvalue weighted by Gasteiger charge is -2.61. The van der Waals surface area contributed by atoms with Crippen LogP contribution >= 0.6 is 0 Å². The molecule has 0 aliphatic heterocycles. The molecule has 4 aliphatic rings. The molecule has 0 aromatic rings. The van der Waals surface area contributed by atoms with Gasteiger partial charge in [-0.15, -0.1) is 0 Å². The molecule has 3 heteroatoms. The van der Waals surface area contributed by atoms with Gasteiger partial charge in [0, 0.05) is 12.0 Å². The zero-order valence-corrected chi connectivity index (χ0v) is 15.3. The lowest BCUT2D eigenvalue weighted by Crippen LogP contribution is -2.56. The van der Waals surface area contributed by atoms with E-state index in [1.165, 1.54) is 6.42 Å². The largest absolute Gasteiger partial charge is 0.515 e. The molecule has 24 heavy (non-hydrogen) atoms. The molecule has 134 valence electrons. The Morgan fingerprint density at radius 2 is 1.75 bits per heavy atom. The summed E-state index contributed by atoms with van der Waals surface area (Å²) in [5.74, 6) is 2.55. The Morgan fingerprint density at radius 3 is 2.46 bits per heavy atom. The Bertz CT molecular complexity index is 592. The normalized spacial score (nSPS) is 55.8. The number of rotatable bonds is 0. The Hall–Kier alpha value is -0.830. The molecule has 0 bridgehead atoms. The van der Waals surface area contributed by atoms with Gasteiger partial charge in [0.25, 0.3) is 0 Å². The van der Waals surface area contributed by atoms with E-state index < -0.39 is 5.60 Å². The third-order valence-corrected chi connectivity index (χ3v) is 9.14. The van der Waals surface area contributed by atoms with Gasteiger partial charge in [0.2, 0.25) is 0 Å². The third-order valence-electron chi connectivity index (χ3n) is 9.14.